The Balaban J connectivity index is 2.09. The van der Waals surface area contributed by atoms with Crippen molar-refractivity contribution in [1.29, 1.82) is 0 Å². The zero-order valence-corrected chi connectivity index (χ0v) is 17.2. The van der Waals surface area contributed by atoms with Crippen molar-refractivity contribution in [3.63, 3.8) is 0 Å². The van der Waals surface area contributed by atoms with E-state index >= 15 is 0 Å². The molecule has 0 unspecified atom stereocenters. The molecule has 0 radical (unpaired) electrons. The molecule has 0 bridgehead atoms. The number of carbonyl (C=O) groups is 1. The lowest BCUT2D eigenvalue weighted by atomic mass is 10.1. The predicted molar refractivity (Wildman–Crippen MR) is 106 cm³/mol. The Labute approximate surface area is 159 Å². The fourth-order valence-electron chi connectivity index (χ4n) is 2.44. The predicted octanol–water partition coefficient (Wildman–Crippen LogP) is 3.16. The Morgan fingerprint density at radius 1 is 1.08 bits per heavy atom. The van der Waals surface area contributed by atoms with Crippen molar-refractivity contribution < 1.29 is 13.2 Å². The molecular formula is C18H23N3O3S2. The lowest BCUT2D eigenvalue weighted by Gasteiger charge is -2.20. The highest BCUT2D eigenvalue weighted by molar-refractivity contribution is 7.99. The normalized spacial score (nSPS) is 11.4. The monoisotopic (exact) mass is 393 g/mol. The van der Waals surface area contributed by atoms with Crippen molar-refractivity contribution in [2.24, 2.45) is 0 Å². The summed E-state index contributed by atoms with van der Waals surface area (Å²) in [6.45, 7) is 7.93. The van der Waals surface area contributed by atoms with Crippen molar-refractivity contribution in [2.75, 3.05) is 22.9 Å². The third-order valence-corrected chi connectivity index (χ3v) is 6.23. The van der Waals surface area contributed by atoms with Crippen LogP contribution in [0.2, 0.25) is 0 Å². The molecule has 0 fully saturated rings. The maximum Gasteiger partial charge on any atom is 0.232 e. The van der Waals surface area contributed by atoms with Crippen LogP contribution in [-0.4, -0.2) is 42.7 Å². The number of carbonyl (C=O) groups excluding carboxylic acids is 1. The minimum atomic E-state index is -3.33. The van der Waals surface area contributed by atoms with Crippen molar-refractivity contribution in [3.05, 3.63) is 46.8 Å². The molecule has 0 N–H and O–H groups in total. The highest BCUT2D eigenvalue weighted by atomic mass is 32.2. The van der Waals surface area contributed by atoms with E-state index in [0.29, 0.717) is 23.0 Å². The quantitative estimate of drug-likeness (QED) is 0.408. The summed E-state index contributed by atoms with van der Waals surface area (Å²) in [4.78, 5) is 21.2. The van der Waals surface area contributed by atoms with Crippen molar-refractivity contribution in [3.8, 4) is 0 Å². The van der Waals surface area contributed by atoms with Crippen LogP contribution in [0.25, 0.3) is 0 Å². The maximum absolute atomic E-state index is 12.4. The van der Waals surface area contributed by atoms with Gasteiger partial charge in [-0.2, -0.15) is 0 Å². The minimum Gasteiger partial charge on any atom is -0.293 e. The summed E-state index contributed by atoms with van der Waals surface area (Å²) in [7, 11) is -3.33. The number of thioether (sulfide) groups is 1. The Kier molecular flexibility index (Phi) is 6.41. The summed E-state index contributed by atoms with van der Waals surface area (Å²) < 4.78 is 24.8. The lowest BCUT2D eigenvalue weighted by molar-refractivity contribution is 0.102. The lowest BCUT2D eigenvalue weighted by Crippen LogP contribution is -2.29. The molecule has 140 valence electrons. The Morgan fingerprint density at radius 3 is 2.08 bits per heavy atom. The number of benzene rings is 1. The average molecular weight is 394 g/mol. The number of nitrogens with zero attached hydrogens (tertiary/aromatic N) is 3. The second-order valence-corrected chi connectivity index (χ2v) is 8.84. The molecule has 1 aromatic heterocycles. The van der Waals surface area contributed by atoms with Crippen LogP contribution < -0.4 is 4.31 Å². The Bertz CT molecular complexity index is 887. The van der Waals surface area contributed by atoms with Crippen molar-refractivity contribution in [1.82, 2.24) is 9.97 Å². The molecule has 0 aliphatic rings. The van der Waals surface area contributed by atoms with Gasteiger partial charge in [0.2, 0.25) is 10.0 Å². The van der Waals surface area contributed by atoms with Gasteiger partial charge in [0.25, 0.3) is 0 Å². The summed E-state index contributed by atoms with van der Waals surface area (Å²) >= 11 is 1.30. The third-order valence-electron chi connectivity index (χ3n) is 4.11. The van der Waals surface area contributed by atoms with Gasteiger partial charge in [-0.05, 0) is 57.5 Å². The number of anilines is 1. The van der Waals surface area contributed by atoms with Crippen LogP contribution in [-0.2, 0) is 10.0 Å². The molecule has 1 aromatic carbocycles. The highest BCUT2D eigenvalue weighted by Crippen LogP contribution is 2.21. The Hall–Kier alpha value is -1.93. The molecule has 0 spiro atoms. The SMILES string of the molecule is CCN(c1ccc(C(=O)CSc2nc(C)c(C)c(C)n2)cc1)S(C)(=O)=O. The first-order valence-corrected chi connectivity index (χ1v) is 11.0. The summed E-state index contributed by atoms with van der Waals surface area (Å²) in [6.07, 6.45) is 1.16. The van der Waals surface area contributed by atoms with Gasteiger partial charge in [0.1, 0.15) is 0 Å². The molecule has 1 heterocycles. The molecule has 2 rings (SSSR count). The first kappa shape index (κ1) is 20.4. The van der Waals surface area contributed by atoms with Crippen LogP contribution in [0, 0.1) is 20.8 Å². The fraction of sp³-hybridized carbons (Fsp3) is 0.389. The average Bonchev–Trinajstić information content (AvgIpc) is 2.57. The van der Waals surface area contributed by atoms with E-state index in [1.54, 1.807) is 31.2 Å². The Morgan fingerprint density at radius 2 is 1.62 bits per heavy atom. The first-order chi connectivity index (χ1) is 12.1. The summed E-state index contributed by atoms with van der Waals surface area (Å²) in [5, 5.41) is 0.588. The van der Waals surface area contributed by atoms with E-state index in [-0.39, 0.29) is 11.5 Å². The second kappa shape index (κ2) is 8.18. The van der Waals surface area contributed by atoms with E-state index in [0.717, 1.165) is 23.2 Å². The summed E-state index contributed by atoms with van der Waals surface area (Å²) in [5.41, 5.74) is 3.97. The largest absolute Gasteiger partial charge is 0.293 e. The van der Waals surface area contributed by atoms with Crippen LogP contribution in [0.1, 0.15) is 34.2 Å². The molecule has 0 saturated carbocycles. The molecule has 0 saturated heterocycles. The topological polar surface area (TPSA) is 80.2 Å². The van der Waals surface area contributed by atoms with Crippen LogP contribution in [0.5, 0.6) is 0 Å². The maximum atomic E-state index is 12.4. The molecule has 0 atom stereocenters. The molecule has 0 amide bonds. The van der Waals surface area contributed by atoms with Gasteiger partial charge >= 0.3 is 0 Å². The zero-order valence-electron chi connectivity index (χ0n) is 15.6. The second-order valence-electron chi connectivity index (χ2n) is 5.99. The molecule has 6 nitrogen and oxygen atoms in total. The number of rotatable bonds is 7. The number of ketones is 1. The van der Waals surface area contributed by atoms with Crippen LogP contribution in [0.15, 0.2) is 29.4 Å². The number of hydrogen-bond acceptors (Lipinski definition) is 6. The number of aromatic nitrogens is 2. The molecule has 26 heavy (non-hydrogen) atoms. The van der Waals surface area contributed by atoms with Gasteiger partial charge in [-0.25, -0.2) is 18.4 Å². The van der Waals surface area contributed by atoms with E-state index in [9.17, 15) is 13.2 Å². The van der Waals surface area contributed by atoms with Gasteiger partial charge in [-0.1, -0.05) is 11.8 Å². The van der Waals surface area contributed by atoms with Gasteiger partial charge in [-0.3, -0.25) is 9.10 Å². The van der Waals surface area contributed by atoms with Gasteiger partial charge < -0.3 is 0 Å². The zero-order chi connectivity index (χ0) is 19.5. The number of sulfonamides is 1. The molecule has 0 aliphatic carbocycles. The number of aryl methyl sites for hydroxylation is 2. The highest BCUT2D eigenvalue weighted by Gasteiger charge is 2.16. The fourth-order valence-corrected chi connectivity index (χ4v) is 4.25. The molecule has 8 heteroatoms. The number of hydrogen-bond donors (Lipinski definition) is 0. The molecule has 2 aromatic rings. The minimum absolute atomic E-state index is 0.0524. The van der Waals surface area contributed by atoms with Crippen LogP contribution in [0.3, 0.4) is 0 Å². The van der Waals surface area contributed by atoms with Gasteiger partial charge in [0.15, 0.2) is 10.9 Å². The first-order valence-electron chi connectivity index (χ1n) is 8.19. The van der Waals surface area contributed by atoms with Crippen LogP contribution in [0.4, 0.5) is 5.69 Å². The summed E-state index contributed by atoms with van der Waals surface area (Å²) in [5.74, 6) is 0.175. The van der Waals surface area contributed by atoms with Crippen LogP contribution >= 0.6 is 11.8 Å². The van der Waals surface area contributed by atoms with E-state index in [1.807, 2.05) is 20.8 Å². The van der Waals surface area contributed by atoms with Gasteiger partial charge in [-0.15, -0.1) is 0 Å². The van der Waals surface area contributed by atoms with E-state index < -0.39 is 10.0 Å². The van der Waals surface area contributed by atoms with E-state index in [4.69, 9.17) is 0 Å². The van der Waals surface area contributed by atoms with Crippen molar-refractivity contribution in [2.45, 2.75) is 32.9 Å². The molecule has 0 aliphatic heterocycles. The van der Waals surface area contributed by atoms with Gasteiger partial charge in [0.05, 0.1) is 17.7 Å². The third kappa shape index (κ3) is 4.82. The van der Waals surface area contributed by atoms with Gasteiger partial charge in [0, 0.05) is 23.5 Å². The van der Waals surface area contributed by atoms with E-state index in [1.165, 1.54) is 16.1 Å². The summed E-state index contributed by atoms with van der Waals surface area (Å²) in [6, 6.07) is 6.61. The smallest absolute Gasteiger partial charge is 0.232 e. The number of Topliss-reactive ketones (excluding diaryl/α,β-unsaturated/α-hetero) is 1. The molecular weight excluding hydrogens is 370 g/mol. The van der Waals surface area contributed by atoms with Crippen molar-refractivity contribution >= 4 is 33.3 Å². The standard InChI is InChI=1S/C18H23N3O3S2/c1-6-21(26(5,23)24)16-9-7-15(8-10-16)17(22)11-25-18-19-13(3)12(2)14(4)20-18/h7-10H,6,11H2,1-5H3. The van der Waals surface area contributed by atoms with E-state index in [2.05, 4.69) is 9.97 Å².